The molecule has 3 nitrogen and oxygen atoms in total. The summed E-state index contributed by atoms with van der Waals surface area (Å²) in [5, 5.41) is 3.33. The Balaban J connectivity index is 2.09. The summed E-state index contributed by atoms with van der Waals surface area (Å²) < 4.78 is 1.00. The Bertz CT molecular complexity index is 440. The van der Waals surface area contributed by atoms with Gasteiger partial charge >= 0.3 is 0 Å². The molecule has 0 aliphatic heterocycles. The summed E-state index contributed by atoms with van der Waals surface area (Å²) >= 11 is 3.58. The first-order valence-electron chi connectivity index (χ1n) is 7.93. The predicted octanol–water partition coefficient (Wildman–Crippen LogP) is 5.05. The molecule has 0 atom stereocenters. The van der Waals surface area contributed by atoms with Crippen molar-refractivity contribution in [2.75, 3.05) is 11.9 Å². The molecule has 1 aromatic heterocycles. The number of aromatic nitrogens is 2. The van der Waals surface area contributed by atoms with Crippen molar-refractivity contribution >= 4 is 21.7 Å². The van der Waals surface area contributed by atoms with Gasteiger partial charge in [0.25, 0.3) is 0 Å². The summed E-state index contributed by atoms with van der Waals surface area (Å²) in [6.07, 6.45) is 7.87. The van der Waals surface area contributed by atoms with Gasteiger partial charge in [-0.15, -0.1) is 0 Å². The largest absolute Gasteiger partial charge is 0.369 e. The zero-order valence-corrected chi connectivity index (χ0v) is 14.5. The zero-order valence-electron chi connectivity index (χ0n) is 12.9. The number of rotatable bonds is 5. The highest BCUT2D eigenvalue weighted by molar-refractivity contribution is 9.10. The third-order valence-electron chi connectivity index (χ3n) is 4.29. The predicted molar refractivity (Wildman–Crippen MR) is 88.2 cm³/mol. The van der Waals surface area contributed by atoms with Crippen LogP contribution in [0.4, 0.5) is 5.82 Å². The van der Waals surface area contributed by atoms with E-state index in [1.807, 2.05) is 0 Å². The number of nitrogens with one attached hydrogen (secondary N) is 1. The minimum absolute atomic E-state index is 0.548. The average molecular weight is 340 g/mol. The topological polar surface area (TPSA) is 37.8 Å². The Labute approximate surface area is 131 Å². The number of hydrogen-bond acceptors (Lipinski definition) is 3. The van der Waals surface area contributed by atoms with Crippen LogP contribution in [0.3, 0.4) is 0 Å². The van der Waals surface area contributed by atoms with Gasteiger partial charge in [-0.2, -0.15) is 0 Å². The molecule has 2 rings (SSSR count). The van der Waals surface area contributed by atoms with Gasteiger partial charge in [-0.25, -0.2) is 9.97 Å². The van der Waals surface area contributed by atoms with E-state index in [0.717, 1.165) is 34.3 Å². The smallest absolute Gasteiger partial charge is 0.144 e. The second kappa shape index (κ2) is 7.39. The molecule has 0 saturated heterocycles. The standard InChI is InChI=1S/C16H26BrN3/c1-4-6-12-7-9-13(10-8-12)15-19-11(3)14(17)16(20-15)18-5-2/h12-13H,4-10H2,1-3H3,(H,18,19,20). The van der Waals surface area contributed by atoms with Gasteiger partial charge in [0.2, 0.25) is 0 Å². The lowest BCUT2D eigenvalue weighted by atomic mass is 9.80. The molecule has 0 spiro atoms. The van der Waals surface area contributed by atoms with E-state index in [9.17, 15) is 0 Å². The van der Waals surface area contributed by atoms with Crippen LogP contribution in [-0.4, -0.2) is 16.5 Å². The van der Waals surface area contributed by atoms with Crippen molar-refractivity contribution in [3.63, 3.8) is 0 Å². The molecule has 1 aliphatic carbocycles. The van der Waals surface area contributed by atoms with Crippen LogP contribution in [0.2, 0.25) is 0 Å². The molecule has 1 fully saturated rings. The Morgan fingerprint density at radius 1 is 1.15 bits per heavy atom. The number of aryl methyl sites for hydroxylation is 1. The van der Waals surface area contributed by atoms with Gasteiger partial charge in [-0.1, -0.05) is 19.8 Å². The quantitative estimate of drug-likeness (QED) is 0.815. The van der Waals surface area contributed by atoms with E-state index in [0.29, 0.717) is 5.92 Å². The van der Waals surface area contributed by atoms with Crippen molar-refractivity contribution < 1.29 is 0 Å². The van der Waals surface area contributed by atoms with Crippen molar-refractivity contribution in [1.29, 1.82) is 0 Å². The molecule has 0 unspecified atom stereocenters. The van der Waals surface area contributed by atoms with Gasteiger partial charge in [0.1, 0.15) is 11.6 Å². The fraction of sp³-hybridized carbons (Fsp3) is 0.750. The molecule has 112 valence electrons. The number of hydrogen-bond donors (Lipinski definition) is 1. The van der Waals surface area contributed by atoms with Gasteiger partial charge < -0.3 is 5.32 Å². The Hall–Kier alpha value is -0.640. The molecule has 1 aliphatic rings. The number of halogens is 1. The maximum Gasteiger partial charge on any atom is 0.144 e. The zero-order chi connectivity index (χ0) is 14.5. The van der Waals surface area contributed by atoms with Crippen LogP contribution >= 0.6 is 15.9 Å². The van der Waals surface area contributed by atoms with Crippen LogP contribution in [0.15, 0.2) is 4.47 Å². The molecule has 20 heavy (non-hydrogen) atoms. The second-order valence-corrected chi connectivity index (χ2v) is 6.66. The maximum atomic E-state index is 4.75. The van der Waals surface area contributed by atoms with Gasteiger partial charge in [0, 0.05) is 12.5 Å². The average Bonchev–Trinajstić information content (AvgIpc) is 2.45. The van der Waals surface area contributed by atoms with Crippen LogP contribution in [-0.2, 0) is 0 Å². The molecule has 0 bridgehead atoms. The maximum absolute atomic E-state index is 4.75. The van der Waals surface area contributed by atoms with Gasteiger partial charge in [0.05, 0.1) is 10.2 Å². The molecule has 4 heteroatoms. The van der Waals surface area contributed by atoms with E-state index in [-0.39, 0.29) is 0 Å². The van der Waals surface area contributed by atoms with E-state index >= 15 is 0 Å². The molecular weight excluding hydrogens is 314 g/mol. The van der Waals surface area contributed by atoms with E-state index < -0.39 is 0 Å². The third kappa shape index (κ3) is 3.72. The fourth-order valence-corrected chi connectivity index (χ4v) is 3.48. The summed E-state index contributed by atoms with van der Waals surface area (Å²) in [7, 11) is 0. The van der Waals surface area contributed by atoms with E-state index in [2.05, 4.69) is 42.0 Å². The molecule has 0 amide bonds. The van der Waals surface area contributed by atoms with Crippen molar-refractivity contribution in [2.45, 2.75) is 65.2 Å². The van der Waals surface area contributed by atoms with Crippen LogP contribution in [0.1, 0.15) is 69.8 Å². The number of nitrogens with zero attached hydrogens (tertiary/aromatic N) is 2. The van der Waals surface area contributed by atoms with E-state index in [4.69, 9.17) is 9.97 Å². The Morgan fingerprint density at radius 2 is 1.85 bits per heavy atom. The van der Waals surface area contributed by atoms with Crippen molar-refractivity contribution in [3.8, 4) is 0 Å². The van der Waals surface area contributed by atoms with Gasteiger partial charge in [-0.3, -0.25) is 0 Å². The first-order valence-corrected chi connectivity index (χ1v) is 8.72. The first-order chi connectivity index (χ1) is 9.65. The summed E-state index contributed by atoms with van der Waals surface area (Å²) in [6.45, 7) is 7.33. The fourth-order valence-electron chi connectivity index (χ4n) is 3.17. The van der Waals surface area contributed by atoms with Crippen LogP contribution in [0.5, 0.6) is 0 Å². The molecule has 1 saturated carbocycles. The lowest BCUT2D eigenvalue weighted by Crippen LogP contribution is -2.16. The SMILES string of the molecule is CCCC1CCC(c2nc(C)c(Br)c(NCC)n2)CC1. The minimum Gasteiger partial charge on any atom is -0.369 e. The van der Waals surface area contributed by atoms with Crippen molar-refractivity contribution in [2.24, 2.45) is 5.92 Å². The number of anilines is 1. The normalized spacial score (nSPS) is 22.8. The lowest BCUT2D eigenvalue weighted by Gasteiger charge is -2.27. The van der Waals surface area contributed by atoms with Crippen LogP contribution in [0, 0.1) is 12.8 Å². The summed E-state index contributed by atoms with van der Waals surface area (Å²) in [6, 6.07) is 0. The first kappa shape index (κ1) is 15.7. The third-order valence-corrected chi connectivity index (χ3v) is 5.24. The summed E-state index contributed by atoms with van der Waals surface area (Å²) in [5.74, 6) is 3.47. The molecule has 0 aromatic carbocycles. The highest BCUT2D eigenvalue weighted by atomic mass is 79.9. The van der Waals surface area contributed by atoms with Crippen LogP contribution < -0.4 is 5.32 Å². The minimum atomic E-state index is 0.548. The Kier molecular flexibility index (Phi) is 5.82. The molecule has 1 heterocycles. The summed E-state index contributed by atoms with van der Waals surface area (Å²) in [5.41, 5.74) is 1.04. The highest BCUT2D eigenvalue weighted by Crippen LogP contribution is 2.37. The monoisotopic (exact) mass is 339 g/mol. The van der Waals surface area contributed by atoms with Crippen LogP contribution in [0.25, 0.3) is 0 Å². The lowest BCUT2D eigenvalue weighted by molar-refractivity contribution is 0.302. The van der Waals surface area contributed by atoms with Crippen molar-refractivity contribution in [3.05, 3.63) is 16.0 Å². The second-order valence-electron chi connectivity index (χ2n) is 5.87. The molecule has 0 radical (unpaired) electrons. The van der Waals surface area contributed by atoms with Gasteiger partial charge in [0.15, 0.2) is 0 Å². The van der Waals surface area contributed by atoms with E-state index in [1.54, 1.807) is 0 Å². The van der Waals surface area contributed by atoms with Gasteiger partial charge in [-0.05, 0) is 61.4 Å². The molecule has 1 aromatic rings. The van der Waals surface area contributed by atoms with Crippen molar-refractivity contribution in [1.82, 2.24) is 9.97 Å². The van der Waals surface area contributed by atoms with E-state index in [1.165, 1.54) is 38.5 Å². The Morgan fingerprint density at radius 3 is 2.45 bits per heavy atom. The molecular formula is C16H26BrN3. The highest BCUT2D eigenvalue weighted by Gasteiger charge is 2.24. The molecule has 1 N–H and O–H groups in total. The summed E-state index contributed by atoms with van der Waals surface area (Å²) in [4.78, 5) is 9.46.